The van der Waals surface area contributed by atoms with Crippen molar-refractivity contribution in [2.75, 3.05) is 13.7 Å². The summed E-state index contributed by atoms with van der Waals surface area (Å²) in [6.45, 7) is 2.64. The van der Waals surface area contributed by atoms with Crippen molar-refractivity contribution in [3.8, 4) is 17.2 Å². The number of amidine groups is 1. The van der Waals surface area contributed by atoms with Crippen molar-refractivity contribution in [3.63, 3.8) is 0 Å². The standard InChI is InChI=1S/C36H41N7O4/c1-3-7-31-30(20-24-10-12-25(13-11-24)28-8-4-5-9-29(28)32-40-35(45-2)47-41-32)33(44)42(34-38-23-39-43(31)34)26-14-16-27(17-15-26)46-22-36(21-37)18-6-19-36/h4-5,8-13,23,26-27,35H,3,6-7,14-20,22H2,1-2H3,(H,40,41). The van der Waals surface area contributed by atoms with Crippen molar-refractivity contribution in [1.29, 1.82) is 5.26 Å². The topological polar surface area (TPSA) is 128 Å². The van der Waals surface area contributed by atoms with Crippen LogP contribution in [0.25, 0.3) is 16.9 Å². The van der Waals surface area contributed by atoms with Gasteiger partial charge in [-0.2, -0.15) is 15.3 Å². The van der Waals surface area contributed by atoms with E-state index in [9.17, 15) is 10.1 Å². The average molecular weight is 636 g/mol. The zero-order valence-electron chi connectivity index (χ0n) is 27.0. The van der Waals surface area contributed by atoms with E-state index in [1.54, 1.807) is 13.4 Å². The predicted molar refractivity (Wildman–Crippen MR) is 177 cm³/mol. The largest absolute Gasteiger partial charge is 0.377 e. The number of aliphatic imine (C=N–C) groups is 1. The molecule has 1 unspecified atom stereocenters. The molecule has 4 aromatic rings. The number of hydrogen-bond donors (Lipinski definition) is 1. The van der Waals surface area contributed by atoms with Gasteiger partial charge in [0.2, 0.25) is 5.78 Å². The number of hydrogen-bond acceptors (Lipinski definition) is 9. The Labute approximate surface area is 274 Å². The van der Waals surface area contributed by atoms with E-state index < -0.39 is 6.41 Å². The third-order valence-electron chi connectivity index (χ3n) is 9.99. The molecule has 1 aliphatic heterocycles. The number of nitrogens with one attached hydrogen (secondary N) is 1. The van der Waals surface area contributed by atoms with Crippen LogP contribution in [0.1, 0.15) is 86.7 Å². The fourth-order valence-corrected chi connectivity index (χ4v) is 7.15. The smallest absolute Gasteiger partial charge is 0.282 e. The van der Waals surface area contributed by atoms with Gasteiger partial charge >= 0.3 is 0 Å². The summed E-state index contributed by atoms with van der Waals surface area (Å²) < 4.78 is 15.2. The van der Waals surface area contributed by atoms with E-state index in [-0.39, 0.29) is 23.1 Å². The van der Waals surface area contributed by atoms with Crippen molar-refractivity contribution >= 4 is 11.6 Å². The predicted octanol–water partition coefficient (Wildman–Crippen LogP) is 5.51. The molecule has 244 valence electrons. The summed E-state index contributed by atoms with van der Waals surface area (Å²) >= 11 is 0. The molecule has 0 bridgehead atoms. The second-order valence-corrected chi connectivity index (χ2v) is 13.0. The highest BCUT2D eigenvalue weighted by Gasteiger charge is 2.39. The van der Waals surface area contributed by atoms with Crippen molar-refractivity contribution < 1.29 is 14.3 Å². The molecule has 7 rings (SSSR count). The van der Waals surface area contributed by atoms with E-state index in [0.717, 1.165) is 91.3 Å². The Kier molecular flexibility index (Phi) is 8.90. The summed E-state index contributed by atoms with van der Waals surface area (Å²) in [5.74, 6) is 1.23. The van der Waals surface area contributed by atoms with Crippen molar-refractivity contribution in [3.05, 3.63) is 87.6 Å². The maximum Gasteiger partial charge on any atom is 0.282 e. The minimum atomic E-state index is -0.679. The summed E-state index contributed by atoms with van der Waals surface area (Å²) in [5, 5.41) is 14.2. The Morgan fingerprint density at radius 3 is 2.51 bits per heavy atom. The minimum absolute atomic E-state index is 0.0173. The van der Waals surface area contributed by atoms with Crippen LogP contribution in [0, 0.1) is 16.7 Å². The quantitative estimate of drug-likeness (QED) is 0.229. The van der Waals surface area contributed by atoms with Crippen LogP contribution < -0.4 is 11.0 Å². The van der Waals surface area contributed by atoms with Crippen molar-refractivity contribution in [2.45, 2.75) is 89.7 Å². The molecule has 2 aliphatic carbocycles. The van der Waals surface area contributed by atoms with Gasteiger partial charge in [-0.25, -0.2) is 19.8 Å². The third-order valence-corrected chi connectivity index (χ3v) is 9.99. The van der Waals surface area contributed by atoms with Gasteiger partial charge in [0.25, 0.3) is 12.0 Å². The van der Waals surface area contributed by atoms with Crippen LogP contribution in [0.15, 0.2) is 64.6 Å². The van der Waals surface area contributed by atoms with Crippen LogP contribution in [-0.4, -0.2) is 51.2 Å². The molecular weight excluding hydrogens is 594 g/mol. The lowest BCUT2D eigenvalue weighted by Crippen LogP contribution is -2.37. The van der Waals surface area contributed by atoms with Gasteiger partial charge in [-0.05, 0) is 61.6 Å². The van der Waals surface area contributed by atoms with Crippen LogP contribution in [0.5, 0.6) is 0 Å². The van der Waals surface area contributed by atoms with E-state index in [1.807, 2.05) is 27.3 Å². The van der Waals surface area contributed by atoms with Gasteiger partial charge in [-0.1, -0.05) is 68.3 Å². The maximum atomic E-state index is 14.4. The molecule has 2 aromatic carbocycles. The molecule has 0 saturated heterocycles. The normalized spacial score (nSPS) is 22.0. The summed E-state index contributed by atoms with van der Waals surface area (Å²) in [5.41, 5.74) is 8.30. The summed E-state index contributed by atoms with van der Waals surface area (Å²) in [6.07, 6.45) is 9.44. The van der Waals surface area contributed by atoms with Crippen LogP contribution in [0.2, 0.25) is 0 Å². The zero-order chi connectivity index (χ0) is 32.4. The van der Waals surface area contributed by atoms with Crippen LogP contribution in [-0.2, 0) is 27.2 Å². The summed E-state index contributed by atoms with van der Waals surface area (Å²) in [6, 6.07) is 18.9. The first-order chi connectivity index (χ1) is 23.0. The van der Waals surface area contributed by atoms with E-state index in [1.165, 1.54) is 0 Å². The molecule has 11 heteroatoms. The highest BCUT2D eigenvalue weighted by atomic mass is 16.8. The lowest BCUT2D eigenvalue weighted by molar-refractivity contribution is -0.125. The summed E-state index contributed by atoms with van der Waals surface area (Å²) in [7, 11) is 1.55. The highest BCUT2D eigenvalue weighted by Crippen LogP contribution is 2.41. The molecule has 2 saturated carbocycles. The Bertz CT molecular complexity index is 1860. The van der Waals surface area contributed by atoms with Gasteiger partial charge in [0.05, 0.1) is 29.9 Å². The van der Waals surface area contributed by atoms with Crippen molar-refractivity contribution in [2.24, 2.45) is 10.4 Å². The first-order valence-electron chi connectivity index (χ1n) is 16.7. The molecular formula is C36H41N7O4. The number of aromatic nitrogens is 4. The molecule has 0 spiro atoms. The molecule has 2 fully saturated rings. The number of benzene rings is 2. The van der Waals surface area contributed by atoms with E-state index in [0.29, 0.717) is 24.6 Å². The Morgan fingerprint density at radius 1 is 1.09 bits per heavy atom. The van der Waals surface area contributed by atoms with E-state index in [2.05, 4.69) is 63.9 Å². The van der Waals surface area contributed by atoms with E-state index >= 15 is 0 Å². The number of rotatable bonds is 11. The monoisotopic (exact) mass is 635 g/mol. The van der Waals surface area contributed by atoms with E-state index in [4.69, 9.17) is 14.3 Å². The maximum absolute atomic E-state index is 14.4. The fourth-order valence-electron chi connectivity index (χ4n) is 7.15. The number of hydroxylamine groups is 1. The van der Waals surface area contributed by atoms with Gasteiger partial charge in [0, 0.05) is 30.7 Å². The van der Waals surface area contributed by atoms with Gasteiger partial charge in [-0.3, -0.25) is 9.36 Å². The van der Waals surface area contributed by atoms with Crippen molar-refractivity contribution in [1.82, 2.24) is 24.6 Å². The molecule has 3 heterocycles. The number of fused-ring (bicyclic) bond motifs is 1. The SMILES string of the molecule is CCCc1c(Cc2ccc(-c3ccccc3C3=NC(OC)ON3)cc2)c(=O)n(C2CCC(OCC3(C#N)CCC3)CC2)c2ncnn12. The molecule has 0 radical (unpaired) electrons. The molecule has 0 amide bonds. The van der Waals surface area contributed by atoms with Crippen LogP contribution in [0.4, 0.5) is 0 Å². The van der Waals surface area contributed by atoms with Crippen LogP contribution in [0.3, 0.4) is 0 Å². The minimum Gasteiger partial charge on any atom is -0.377 e. The molecule has 2 aromatic heterocycles. The molecule has 3 aliphatic rings. The second-order valence-electron chi connectivity index (χ2n) is 13.0. The van der Waals surface area contributed by atoms with Gasteiger partial charge in [0.15, 0.2) is 5.84 Å². The molecule has 1 atom stereocenters. The molecule has 47 heavy (non-hydrogen) atoms. The zero-order valence-corrected chi connectivity index (χ0v) is 27.0. The lowest BCUT2D eigenvalue weighted by Gasteiger charge is -2.37. The second kappa shape index (κ2) is 13.4. The lowest BCUT2D eigenvalue weighted by atomic mass is 9.70. The molecule has 11 nitrogen and oxygen atoms in total. The number of aryl methyl sites for hydroxylation is 1. The Balaban J connectivity index is 1.14. The number of nitrogens with zero attached hydrogens (tertiary/aromatic N) is 6. The fraction of sp³-hybridized carbons (Fsp3) is 0.472. The number of nitriles is 1. The third kappa shape index (κ3) is 6.09. The van der Waals surface area contributed by atoms with Gasteiger partial charge < -0.3 is 9.47 Å². The molecule has 1 N–H and O–H groups in total. The average Bonchev–Trinajstić information content (AvgIpc) is 3.78. The summed E-state index contributed by atoms with van der Waals surface area (Å²) in [4.78, 5) is 28.8. The highest BCUT2D eigenvalue weighted by molar-refractivity contribution is 6.04. The Morgan fingerprint density at radius 2 is 1.85 bits per heavy atom. The van der Waals surface area contributed by atoms with Gasteiger partial charge in [0.1, 0.15) is 6.33 Å². The number of ether oxygens (including phenoxy) is 2. The van der Waals surface area contributed by atoms with Gasteiger partial charge in [-0.15, -0.1) is 0 Å². The van der Waals surface area contributed by atoms with Crippen LogP contribution >= 0.6 is 0 Å². The number of methoxy groups -OCH3 is 1. The Hall–Kier alpha value is -4.37. The first kappa shape index (κ1) is 31.2. The first-order valence-corrected chi connectivity index (χ1v) is 16.7.